The number of ether oxygens (including phenoxy) is 1. The molecule has 8 nitrogen and oxygen atoms in total. The van der Waals surface area contributed by atoms with Crippen molar-refractivity contribution in [1.82, 2.24) is 14.5 Å². The van der Waals surface area contributed by atoms with Gasteiger partial charge in [-0.2, -0.15) is 0 Å². The van der Waals surface area contributed by atoms with Crippen LogP contribution in [-0.4, -0.2) is 52.0 Å². The Hall–Kier alpha value is -3.20. The van der Waals surface area contributed by atoms with E-state index in [0.717, 1.165) is 32.4 Å². The zero-order chi connectivity index (χ0) is 21.4. The normalized spacial score (nSPS) is 18.5. The Labute approximate surface area is 182 Å². The Balaban J connectivity index is 1.42. The van der Waals surface area contributed by atoms with Gasteiger partial charge in [0.25, 0.3) is 11.5 Å². The fourth-order valence-corrected chi connectivity index (χ4v) is 4.88. The molecule has 0 radical (unpaired) electrons. The monoisotopic (exact) mass is 438 g/mol. The van der Waals surface area contributed by atoms with Gasteiger partial charge < -0.3 is 14.5 Å². The van der Waals surface area contributed by atoms with Gasteiger partial charge in [0.2, 0.25) is 5.91 Å². The molecule has 160 valence electrons. The third-order valence-corrected chi connectivity index (χ3v) is 6.59. The minimum absolute atomic E-state index is 0.0921. The third kappa shape index (κ3) is 3.69. The minimum Gasteiger partial charge on any atom is -0.476 e. The van der Waals surface area contributed by atoms with E-state index in [-0.39, 0.29) is 30.5 Å². The van der Waals surface area contributed by atoms with Gasteiger partial charge in [-0.3, -0.25) is 19.0 Å². The van der Waals surface area contributed by atoms with E-state index in [1.807, 2.05) is 17.0 Å². The minimum atomic E-state index is -0.758. The SMILES string of the molecule is O=C([C@H]1CN(C(=O)Cn2cnc3sccc3c2=O)c2ccccc2O1)N1CCCCC1. The first-order valence-corrected chi connectivity index (χ1v) is 11.3. The van der Waals surface area contributed by atoms with Gasteiger partial charge in [-0.05, 0) is 42.8 Å². The molecule has 0 bridgehead atoms. The van der Waals surface area contributed by atoms with Crippen molar-refractivity contribution in [3.8, 4) is 5.75 Å². The van der Waals surface area contributed by atoms with Gasteiger partial charge >= 0.3 is 0 Å². The molecule has 2 aromatic heterocycles. The molecule has 1 atom stereocenters. The van der Waals surface area contributed by atoms with Crippen LogP contribution in [0.4, 0.5) is 5.69 Å². The van der Waals surface area contributed by atoms with Gasteiger partial charge in [0.15, 0.2) is 6.10 Å². The molecule has 5 rings (SSSR count). The van der Waals surface area contributed by atoms with Crippen LogP contribution in [0, 0.1) is 0 Å². The number of thiophene rings is 1. The summed E-state index contributed by atoms with van der Waals surface area (Å²) in [4.78, 5) is 47.3. The zero-order valence-corrected chi connectivity index (χ0v) is 17.7. The molecular weight excluding hydrogens is 416 g/mol. The van der Waals surface area contributed by atoms with Crippen molar-refractivity contribution in [1.29, 1.82) is 0 Å². The van der Waals surface area contributed by atoms with Crippen molar-refractivity contribution in [3.05, 3.63) is 52.4 Å². The lowest BCUT2D eigenvalue weighted by atomic mass is 10.1. The molecule has 9 heteroatoms. The van der Waals surface area contributed by atoms with Crippen LogP contribution in [0.5, 0.6) is 5.75 Å². The Kier molecular flexibility index (Phi) is 5.19. The summed E-state index contributed by atoms with van der Waals surface area (Å²) in [6.45, 7) is 1.40. The molecule has 0 N–H and O–H groups in total. The number of nitrogens with zero attached hydrogens (tertiary/aromatic N) is 4. The van der Waals surface area contributed by atoms with E-state index in [1.165, 1.54) is 22.2 Å². The molecule has 0 aliphatic carbocycles. The number of hydrogen-bond acceptors (Lipinski definition) is 6. The van der Waals surface area contributed by atoms with E-state index in [1.54, 1.807) is 28.5 Å². The summed E-state index contributed by atoms with van der Waals surface area (Å²) in [7, 11) is 0. The summed E-state index contributed by atoms with van der Waals surface area (Å²) in [5.74, 6) is 0.118. The number of rotatable bonds is 3. The topological polar surface area (TPSA) is 84.7 Å². The van der Waals surface area contributed by atoms with E-state index in [2.05, 4.69) is 4.98 Å². The zero-order valence-electron chi connectivity index (χ0n) is 16.9. The predicted octanol–water partition coefficient (Wildman–Crippen LogP) is 2.26. The van der Waals surface area contributed by atoms with E-state index < -0.39 is 6.10 Å². The summed E-state index contributed by atoms with van der Waals surface area (Å²) in [6, 6.07) is 8.90. The van der Waals surface area contributed by atoms with Gasteiger partial charge in [0.1, 0.15) is 17.1 Å². The standard InChI is InChI=1S/C22H22N4O4S/c27-19(13-25-14-23-20-15(21(25)28)8-11-31-20)26-12-18(22(29)24-9-4-1-5-10-24)30-17-7-3-2-6-16(17)26/h2-3,6-8,11,14,18H,1,4-5,9-10,12-13H2/t18-/m1/s1. The smallest absolute Gasteiger partial charge is 0.265 e. The van der Waals surface area contributed by atoms with Crippen molar-refractivity contribution in [2.24, 2.45) is 0 Å². The third-order valence-electron chi connectivity index (χ3n) is 5.77. The molecule has 0 spiro atoms. The lowest BCUT2D eigenvalue weighted by Crippen LogP contribution is -2.53. The molecular formula is C22H22N4O4S. The van der Waals surface area contributed by atoms with Crippen molar-refractivity contribution >= 4 is 39.1 Å². The maximum Gasteiger partial charge on any atom is 0.265 e. The fraction of sp³-hybridized carbons (Fsp3) is 0.364. The number of aromatic nitrogens is 2. The molecule has 1 fully saturated rings. The predicted molar refractivity (Wildman–Crippen MR) is 118 cm³/mol. The number of fused-ring (bicyclic) bond motifs is 2. The van der Waals surface area contributed by atoms with E-state index in [4.69, 9.17) is 4.74 Å². The van der Waals surface area contributed by atoms with Crippen LogP contribution in [0.15, 0.2) is 46.8 Å². The van der Waals surface area contributed by atoms with E-state index >= 15 is 0 Å². The number of likely N-dealkylation sites (tertiary alicyclic amines) is 1. The van der Waals surface area contributed by atoms with Crippen LogP contribution in [-0.2, 0) is 16.1 Å². The van der Waals surface area contributed by atoms with Crippen LogP contribution in [0.1, 0.15) is 19.3 Å². The van der Waals surface area contributed by atoms with Gasteiger partial charge in [-0.1, -0.05) is 12.1 Å². The molecule has 0 saturated carbocycles. The molecule has 2 amide bonds. The fourth-order valence-electron chi connectivity index (χ4n) is 4.15. The quantitative estimate of drug-likeness (QED) is 0.626. The lowest BCUT2D eigenvalue weighted by Gasteiger charge is -2.37. The number of para-hydroxylation sites is 2. The average Bonchev–Trinajstić information content (AvgIpc) is 3.30. The largest absolute Gasteiger partial charge is 0.476 e. The van der Waals surface area contributed by atoms with Crippen molar-refractivity contribution in [2.45, 2.75) is 31.9 Å². The number of benzene rings is 1. The van der Waals surface area contributed by atoms with Crippen LogP contribution < -0.4 is 15.2 Å². The van der Waals surface area contributed by atoms with Crippen LogP contribution in [0.25, 0.3) is 10.2 Å². The Bertz CT molecular complexity index is 1200. The highest BCUT2D eigenvalue weighted by Crippen LogP contribution is 2.34. The molecule has 2 aliphatic heterocycles. The number of piperidine rings is 1. The highest BCUT2D eigenvalue weighted by molar-refractivity contribution is 7.16. The lowest BCUT2D eigenvalue weighted by molar-refractivity contribution is -0.139. The van der Waals surface area contributed by atoms with Crippen molar-refractivity contribution in [2.75, 3.05) is 24.5 Å². The van der Waals surface area contributed by atoms with E-state index in [0.29, 0.717) is 21.7 Å². The van der Waals surface area contributed by atoms with Gasteiger partial charge in [0, 0.05) is 13.1 Å². The number of carbonyl (C=O) groups excluding carboxylic acids is 2. The van der Waals surface area contributed by atoms with Crippen molar-refractivity contribution in [3.63, 3.8) is 0 Å². The number of amides is 2. The van der Waals surface area contributed by atoms with Crippen LogP contribution in [0.2, 0.25) is 0 Å². The van der Waals surface area contributed by atoms with Gasteiger partial charge in [0.05, 0.1) is 23.9 Å². The summed E-state index contributed by atoms with van der Waals surface area (Å²) in [5, 5.41) is 2.31. The second kappa shape index (κ2) is 8.14. The summed E-state index contributed by atoms with van der Waals surface area (Å²) in [6.07, 6.45) is 3.74. The van der Waals surface area contributed by atoms with Gasteiger partial charge in [-0.15, -0.1) is 11.3 Å². The summed E-state index contributed by atoms with van der Waals surface area (Å²) >= 11 is 1.39. The first-order chi connectivity index (χ1) is 15.1. The molecule has 1 aromatic carbocycles. The molecule has 1 saturated heterocycles. The molecule has 0 unspecified atom stereocenters. The van der Waals surface area contributed by atoms with Crippen LogP contribution in [0.3, 0.4) is 0 Å². The molecule has 31 heavy (non-hydrogen) atoms. The first kappa shape index (κ1) is 19.7. The molecule has 4 heterocycles. The Morgan fingerprint density at radius 1 is 1.13 bits per heavy atom. The van der Waals surface area contributed by atoms with Gasteiger partial charge in [-0.25, -0.2) is 4.98 Å². The van der Waals surface area contributed by atoms with Crippen molar-refractivity contribution < 1.29 is 14.3 Å². The highest BCUT2D eigenvalue weighted by Gasteiger charge is 2.36. The summed E-state index contributed by atoms with van der Waals surface area (Å²) in [5.41, 5.74) is 0.356. The van der Waals surface area contributed by atoms with Crippen LogP contribution >= 0.6 is 11.3 Å². The number of carbonyl (C=O) groups is 2. The molecule has 2 aliphatic rings. The Morgan fingerprint density at radius 2 is 1.94 bits per heavy atom. The van der Waals surface area contributed by atoms with E-state index in [9.17, 15) is 14.4 Å². The maximum absolute atomic E-state index is 13.3. The average molecular weight is 439 g/mol. The summed E-state index contributed by atoms with van der Waals surface area (Å²) < 4.78 is 7.30. The second-order valence-electron chi connectivity index (χ2n) is 7.78. The highest BCUT2D eigenvalue weighted by atomic mass is 32.1. The first-order valence-electron chi connectivity index (χ1n) is 10.4. The number of anilines is 1. The maximum atomic E-state index is 13.3. The number of hydrogen-bond donors (Lipinski definition) is 0. The molecule has 3 aromatic rings. The Morgan fingerprint density at radius 3 is 2.77 bits per heavy atom. The second-order valence-corrected chi connectivity index (χ2v) is 8.68.